The number of primary amides is 1. The number of thioether (sulfide) groups is 1. The molecule has 7 nitrogen and oxygen atoms in total. The number of halogens is 2. The summed E-state index contributed by atoms with van der Waals surface area (Å²) >= 11 is 1.16. The molecule has 1 aliphatic rings. The van der Waals surface area contributed by atoms with Crippen molar-refractivity contribution in [3.8, 4) is 0 Å². The van der Waals surface area contributed by atoms with Crippen LogP contribution in [-0.2, 0) is 16.1 Å². The van der Waals surface area contributed by atoms with Crippen LogP contribution < -0.4 is 11.1 Å². The predicted molar refractivity (Wildman–Crippen MR) is 91.5 cm³/mol. The lowest BCUT2D eigenvalue weighted by Gasteiger charge is -2.09. The average molecular weight is 381 g/mol. The third-order valence-electron chi connectivity index (χ3n) is 3.81. The van der Waals surface area contributed by atoms with E-state index in [2.05, 4.69) is 15.5 Å². The first-order valence-electron chi connectivity index (χ1n) is 8.03. The number of rotatable bonds is 8. The van der Waals surface area contributed by atoms with E-state index in [1.165, 1.54) is 6.07 Å². The Hall–Kier alpha value is -2.49. The van der Waals surface area contributed by atoms with Gasteiger partial charge in [-0.3, -0.25) is 9.59 Å². The van der Waals surface area contributed by atoms with Crippen molar-refractivity contribution in [3.63, 3.8) is 0 Å². The highest BCUT2D eigenvalue weighted by molar-refractivity contribution is 7.99. The maximum absolute atomic E-state index is 13.2. The number of nitrogens with zero attached hydrogens (tertiary/aromatic N) is 3. The van der Waals surface area contributed by atoms with Crippen LogP contribution in [0.25, 0.3) is 0 Å². The zero-order valence-electron chi connectivity index (χ0n) is 13.7. The fourth-order valence-corrected chi connectivity index (χ4v) is 3.16. The normalized spacial score (nSPS) is 13.6. The maximum atomic E-state index is 13.2. The van der Waals surface area contributed by atoms with E-state index in [0.717, 1.165) is 42.6 Å². The molecule has 1 aromatic heterocycles. The first-order chi connectivity index (χ1) is 12.4. The van der Waals surface area contributed by atoms with Crippen molar-refractivity contribution in [1.82, 2.24) is 14.8 Å². The Morgan fingerprint density at radius 2 is 2.04 bits per heavy atom. The number of nitrogens with one attached hydrogen (secondary N) is 1. The molecule has 0 bridgehead atoms. The summed E-state index contributed by atoms with van der Waals surface area (Å²) in [5.74, 6) is -1.68. The molecule has 1 aliphatic carbocycles. The first-order valence-corrected chi connectivity index (χ1v) is 9.01. The number of carbonyl (C=O) groups excluding carboxylic acids is 2. The molecular formula is C16H17F2N5O2S. The smallest absolute Gasteiger partial charge is 0.234 e. The Morgan fingerprint density at radius 3 is 2.69 bits per heavy atom. The van der Waals surface area contributed by atoms with Gasteiger partial charge in [0, 0.05) is 30.6 Å². The van der Waals surface area contributed by atoms with E-state index < -0.39 is 23.4 Å². The molecule has 26 heavy (non-hydrogen) atoms. The third-order valence-corrected chi connectivity index (χ3v) is 4.77. The van der Waals surface area contributed by atoms with Crippen LogP contribution in [0.1, 0.15) is 31.0 Å². The number of aromatic nitrogens is 3. The van der Waals surface area contributed by atoms with Crippen molar-refractivity contribution in [1.29, 1.82) is 0 Å². The van der Waals surface area contributed by atoms with E-state index in [1.54, 1.807) is 0 Å². The van der Waals surface area contributed by atoms with Crippen LogP contribution in [0.3, 0.4) is 0 Å². The van der Waals surface area contributed by atoms with Gasteiger partial charge >= 0.3 is 0 Å². The van der Waals surface area contributed by atoms with Crippen LogP contribution >= 0.6 is 11.8 Å². The Balaban J connectivity index is 1.62. The molecule has 2 aromatic rings. The van der Waals surface area contributed by atoms with Crippen molar-refractivity contribution in [2.45, 2.75) is 36.9 Å². The topological polar surface area (TPSA) is 103 Å². The molecule has 1 aromatic carbocycles. The summed E-state index contributed by atoms with van der Waals surface area (Å²) in [5, 5.41) is 11.3. The Labute approximate surface area is 152 Å². The Kier molecular flexibility index (Phi) is 5.50. The van der Waals surface area contributed by atoms with Crippen molar-refractivity contribution in [3.05, 3.63) is 35.7 Å². The number of carbonyl (C=O) groups is 2. The number of hydrogen-bond acceptors (Lipinski definition) is 5. The van der Waals surface area contributed by atoms with Crippen LogP contribution in [0.15, 0.2) is 23.4 Å². The van der Waals surface area contributed by atoms with Crippen LogP contribution in [0.4, 0.5) is 14.5 Å². The van der Waals surface area contributed by atoms with Crippen LogP contribution in [0.5, 0.6) is 0 Å². The minimum absolute atomic E-state index is 0.0123. The van der Waals surface area contributed by atoms with Crippen molar-refractivity contribution < 1.29 is 18.4 Å². The Bertz CT molecular complexity index is 838. The molecule has 1 saturated carbocycles. The fourth-order valence-electron chi connectivity index (χ4n) is 2.38. The second-order valence-corrected chi connectivity index (χ2v) is 6.89. The highest BCUT2D eigenvalue weighted by atomic mass is 32.2. The van der Waals surface area contributed by atoms with E-state index in [0.29, 0.717) is 17.6 Å². The van der Waals surface area contributed by atoms with Gasteiger partial charge < -0.3 is 15.6 Å². The lowest BCUT2D eigenvalue weighted by atomic mass is 10.3. The van der Waals surface area contributed by atoms with Gasteiger partial charge in [-0.05, 0) is 25.0 Å². The summed E-state index contributed by atoms with van der Waals surface area (Å²) in [4.78, 5) is 23.1. The van der Waals surface area contributed by atoms with Crippen LogP contribution in [0.2, 0.25) is 0 Å². The minimum Gasteiger partial charge on any atom is -0.370 e. The SMILES string of the molecule is NC(=O)CCn1c(SCC(=O)Nc2ccc(F)c(F)c2)nnc1C1CC1. The molecule has 1 fully saturated rings. The summed E-state index contributed by atoms with van der Waals surface area (Å²) in [6, 6.07) is 3.14. The minimum atomic E-state index is -1.03. The average Bonchev–Trinajstić information content (AvgIpc) is 3.35. The van der Waals surface area contributed by atoms with Crippen molar-refractivity contribution >= 4 is 29.3 Å². The molecular weight excluding hydrogens is 364 g/mol. The van der Waals surface area contributed by atoms with E-state index in [-0.39, 0.29) is 17.9 Å². The number of amides is 2. The van der Waals surface area contributed by atoms with E-state index in [4.69, 9.17) is 5.73 Å². The van der Waals surface area contributed by atoms with E-state index in [9.17, 15) is 18.4 Å². The lowest BCUT2D eigenvalue weighted by molar-refractivity contribution is -0.118. The molecule has 0 spiro atoms. The summed E-state index contributed by atoms with van der Waals surface area (Å²) in [5.41, 5.74) is 5.38. The second kappa shape index (κ2) is 7.81. The van der Waals surface area contributed by atoms with Gasteiger partial charge in [0.1, 0.15) is 5.82 Å². The molecule has 10 heteroatoms. The standard InChI is InChI=1S/C16H17F2N5O2S/c17-11-4-3-10(7-12(11)18)20-14(25)8-26-16-22-21-15(9-1-2-9)23(16)6-5-13(19)24/h3-4,7,9H,1-2,5-6,8H2,(H2,19,24)(H,20,25). The molecule has 3 N–H and O–H groups in total. The predicted octanol–water partition coefficient (Wildman–Crippen LogP) is 2.04. The Morgan fingerprint density at radius 1 is 1.27 bits per heavy atom. The van der Waals surface area contributed by atoms with E-state index >= 15 is 0 Å². The molecule has 3 rings (SSSR count). The molecule has 138 valence electrons. The maximum Gasteiger partial charge on any atom is 0.234 e. The number of hydrogen-bond donors (Lipinski definition) is 2. The molecule has 0 saturated heterocycles. The summed E-state index contributed by atoms with van der Waals surface area (Å²) in [6.07, 6.45) is 2.21. The molecule has 0 atom stereocenters. The molecule has 0 unspecified atom stereocenters. The van der Waals surface area contributed by atoms with Gasteiger partial charge in [0.2, 0.25) is 11.8 Å². The quantitative estimate of drug-likeness (QED) is 0.681. The fraction of sp³-hybridized carbons (Fsp3) is 0.375. The zero-order valence-corrected chi connectivity index (χ0v) is 14.6. The zero-order chi connectivity index (χ0) is 18.7. The molecule has 1 heterocycles. The van der Waals surface area contributed by atoms with Crippen molar-refractivity contribution in [2.75, 3.05) is 11.1 Å². The molecule has 0 radical (unpaired) electrons. The third kappa shape index (κ3) is 4.57. The summed E-state index contributed by atoms with van der Waals surface area (Å²) in [6.45, 7) is 0.362. The summed E-state index contributed by atoms with van der Waals surface area (Å²) in [7, 11) is 0. The lowest BCUT2D eigenvalue weighted by Crippen LogP contribution is -2.17. The second-order valence-electron chi connectivity index (χ2n) is 5.95. The highest BCUT2D eigenvalue weighted by Crippen LogP contribution is 2.40. The van der Waals surface area contributed by atoms with Gasteiger partial charge in [-0.1, -0.05) is 11.8 Å². The van der Waals surface area contributed by atoms with E-state index in [1.807, 2.05) is 4.57 Å². The number of anilines is 1. The monoisotopic (exact) mass is 381 g/mol. The summed E-state index contributed by atoms with van der Waals surface area (Å²) < 4.78 is 27.9. The first kappa shape index (κ1) is 18.3. The van der Waals surface area contributed by atoms with Gasteiger partial charge in [-0.2, -0.15) is 0 Å². The van der Waals surface area contributed by atoms with Gasteiger partial charge in [-0.15, -0.1) is 10.2 Å². The van der Waals surface area contributed by atoms with Gasteiger partial charge in [-0.25, -0.2) is 8.78 Å². The van der Waals surface area contributed by atoms with Gasteiger partial charge in [0.05, 0.1) is 5.75 Å². The van der Waals surface area contributed by atoms with Gasteiger partial charge in [0.25, 0.3) is 0 Å². The largest absolute Gasteiger partial charge is 0.370 e. The number of nitrogens with two attached hydrogens (primary N) is 1. The van der Waals surface area contributed by atoms with Crippen LogP contribution in [0, 0.1) is 11.6 Å². The van der Waals surface area contributed by atoms with Crippen molar-refractivity contribution in [2.24, 2.45) is 5.73 Å². The highest BCUT2D eigenvalue weighted by Gasteiger charge is 2.30. The van der Waals surface area contributed by atoms with Crippen LogP contribution in [-0.4, -0.2) is 32.3 Å². The number of benzene rings is 1. The van der Waals surface area contributed by atoms with Gasteiger partial charge in [0.15, 0.2) is 16.8 Å². The molecule has 0 aliphatic heterocycles. The molecule has 2 amide bonds.